The van der Waals surface area contributed by atoms with Crippen LogP contribution in [-0.2, 0) is 19.8 Å². The largest absolute Gasteiger partial charge is 0.508 e. The van der Waals surface area contributed by atoms with E-state index in [9.17, 15) is 60.7 Å². The van der Waals surface area contributed by atoms with Crippen LogP contribution in [0.3, 0.4) is 0 Å². The number of phenolic OH excluding ortho intramolecular Hbond substituents is 2. The van der Waals surface area contributed by atoms with Gasteiger partial charge in [0.2, 0.25) is 18.4 Å². The van der Waals surface area contributed by atoms with Crippen LogP contribution in [0.15, 0.2) is 54.6 Å². The van der Waals surface area contributed by atoms with Crippen molar-refractivity contribution in [2.75, 3.05) is 6.61 Å². The highest BCUT2D eigenvalue weighted by atomic mass is 16.7. The standard InChI is InChI=1S/C33H34O16/c1-12-7-15-20(17(36)8-12)23(38)21-16(9-14(35)10-18(21)46-31-27(42)24(39)22(37)19(11-34)47-31)33(15,45)29-26(41)25(40)28(43)32(48-29)49-30(44)13-5-3-2-4-6-13/h2-10,19,22,24-29,31-32,34-37,39-43,45H,11H2,1H3/t19-,22-,24+,25-,26-,27-,28-,29-,31-,32+,33+/m1/s1. The second-order valence-corrected chi connectivity index (χ2v) is 12.2. The SMILES string of the molecule is Cc1cc(O)c2c(c1)[C@@](O)([C@@H]1O[C@@H](OC(=O)c3ccccc3)[C@H](O)[C@H](O)[C@H]1O)c1cc(O)cc(O[C@@H]3O[C@H](CO)[C@@H](O)[C@H](O)[C@H]3O)c1C2=O. The zero-order chi connectivity index (χ0) is 35.5. The van der Waals surface area contributed by atoms with Crippen molar-refractivity contribution in [3.63, 3.8) is 0 Å². The van der Waals surface area contributed by atoms with E-state index in [0.717, 1.165) is 12.1 Å². The van der Waals surface area contributed by atoms with Crippen LogP contribution in [0.25, 0.3) is 0 Å². The van der Waals surface area contributed by atoms with Gasteiger partial charge >= 0.3 is 5.97 Å². The number of aliphatic hydroxyl groups is 8. The minimum absolute atomic E-state index is 0.0357. The molecule has 10 N–H and O–H groups in total. The van der Waals surface area contributed by atoms with E-state index >= 15 is 0 Å². The lowest BCUT2D eigenvalue weighted by atomic mass is 9.68. The number of fused-ring (bicyclic) bond motifs is 2. The van der Waals surface area contributed by atoms with Crippen LogP contribution in [-0.4, -0.2) is 131 Å². The molecule has 16 nitrogen and oxygen atoms in total. The number of carbonyl (C=O) groups excluding carboxylic acids is 2. The van der Waals surface area contributed by atoms with Gasteiger partial charge in [-0.2, -0.15) is 0 Å². The molecule has 262 valence electrons. The van der Waals surface area contributed by atoms with Crippen molar-refractivity contribution in [3.05, 3.63) is 88.0 Å². The first-order valence-electron chi connectivity index (χ1n) is 15.1. The van der Waals surface area contributed by atoms with Crippen molar-refractivity contribution in [2.24, 2.45) is 0 Å². The first kappa shape index (κ1) is 34.7. The third kappa shape index (κ3) is 5.71. The van der Waals surface area contributed by atoms with Gasteiger partial charge in [-0.1, -0.05) is 24.3 Å². The Morgan fingerprint density at radius 2 is 1.43 bits per heavy atom. The number of aromatic hydroxyl groups is 2. The van der Waals surface area contributed by atoms with E-state index in [1.54, 1.807) is 6.07 Å². The number of rotatable bonds is 6. The zero-order valence-electron chi connectivity index (χ0n) is 25.6. The second kappa shape index (κ2) is 12.9. The van der Waals surface area contributed by atoms with Gasteiger partial charge in [0.25, 0.3) is 0 Å². The van der Waals surface area contributed by atoms with E-state index in [1.165, 1.54) is 43.3 Å². The van der Waals surface area contributed by atoms with Gasteiger partial charge < -0.3 is 70.0 Å². The molecule has 2 saturated heterocycles. The van der Waals surface area contributed by atoms with Crippen molar-refractivity contribution in [1.82, 2.24) is 0 Å². The molecule has 0 saturated carbocycles. The fraction of sp³-hybridized carbons (Fsp3) is 0.394. The van der Waals surface area contributed by atoms with Gasteiger partial charge in [0.05, 0.1) is 23.3 Å². The van der Waals surface area contributed by atoms with Crippen molar-refractivity contribution in [2.45, 2.75) is 73.9 Å². The number of aryl methyl sites for hydroxylation is 1. The number of phenols is 2. The Kier molecular flexibility index (Phi) is 9.14. The number of ether oxygens (including phenoxy) is 4. The third-order valence-electron chi connectivity index (χ3n) is 8.93. The smallest absolute Gasteiger partial charge is 0.340 e. The molecule has 2 heterocycles. The highest BCUT2D eigenvalue weighted by molar-refractivity contribution is 6.16. The maximum absolute atomic E-state index is 14.1. The van der Waals surface area contributed by atoms with Crippen LogP contribution in [0, 0.1) is 6.92 Å². The van der Waals surface area contributed by atoms with Crippen molar-refractivity contribution >= 4 is 11.8 Å². The summed E-state index contributed by atoms with van der Waals surface area (Å²) in [7, 11) is 0. The molecule has 6 rings (SSSR count). The number of ketones is 1. The number of hydrogen-bond acceptors (Lipinski definition) is 16. The van der Waals surface area contributed by atoms with Crippen LogP contribution >= 0.6 is 0 Å². The number of aliphatic hydroxyl groups excluding tert-OH is 7. The molecule has 2 fully saturated rings. The highest BCUT2D eigenvalue weighted by Crippen LogP contribution is 2.52. The molecule has 3 aromatic rings. The van der Waals surface area contributed by atoms with Crippen molar-refractivity contribution in [3.8, 4) is 17.2 Å². The van der Waals surface area contributed by atoms with E-state index in [4.69, 9.17) is 18.9 Å². The Bertz CT molecular complexity index is 1750. The molecular formula is C33H34O16. The maximum atomic E-state index is 14.1. The van der Waals surface area contributed by atoms with Crippen LogP contribution in [0.5, 0.6) is 17.2 Å². The Morgan fingerprint density at radius 1 is 0.796 bits per heavy atom. The minimum atomic E-state index is -2.80. The Morgan fingerprint density at radius 3 is 2.10 bits per heavy atom. The molecule has 11 atom stereocenters. The Balaban J connectivity index is 1.49. The fourth-order valence-electron chi connectivity index (χ4n) is 6.44. The summed E-state index contributed by atoms with van der Waals surface area (Å²) in [6.45, 7) is 0.695. The zero-order valence-corrected chi connectivity index (χ0v) is 25.6. The average molecular weight is 687 g/mol. The molecule has 16 heteroatoms. The van der Waals surface area contributed by atoms with Gasteiger partial charge in [0.15, 0.2) is 0 Å². The van der Waals surface area contributed by atoms with Gasteiger partial charge in [-0.25, -0.2) is 4.79 Å². The van der Waals surface area contributed by atoms with E-state index in [2.05, 4.69) is 0 Å². The molecule has 0 bridgehead atoms. The predicted molar refractivity (Wildman–Crippen MR) is 160 cm³/mol. The van der Waals surface area contributed by atoms with E-state index in [0.29, 0.717) is 5.56 Å². The van der Waals surface area contributed by atoms with Gasteiger partial charge in [0.1, 0.15) is 71.7 Å². The lowest BCUT2D eigenvalue weighted by Crippen LogP contribution is -2.65. The summed E-state index contributed by atoms with van der Waals surface area (Å²) in [5, 5.41) is 108. The van der Waals surface area contributed by atoms with Gasteiger partial charge in [-0.15, -0.1) is 0 Å². The first-order valence-corrected chi connectivity index (χ1v) is 15.1. The van der Waals surface area contributed by atoms with Crippen LogP contribution in [0.2, 0.25) is 0 Å². The summed E-state index contributed by atoms with van der Waals surface area (Å²) in [6.07, 6.45) is -19.3. The normalized spacial score (nSPS) is 34.1. The minimum Gasteiger partial charge on any atom is -0.508 e. The summed E-state index contributed by atoms with van der Waals surface area (Å²) in [5.41, 5.74) is -4.44. The van der Waals surface area contributed by atoms with Crippen LogP contribution in [0.4, 0.5) is 0 Å². The lowest BCUT2D eigenvalue weighted by molar-refractivity contribution is -0.308. The maximum Gasteiger partial charge on any atom is 0.340 e. The number of carbonyl (C=O) groups is 2. The highest BCUT2D eigenvalue weighted by Gasteiger charge is 2.59. The molecule has 0 aromatic heterocycles. The van der Waals surface area contributed by atoms with Gasteiger partial charge in [0, 0.05) is 17.2 Å². The summed E-state index contributed by atoms with van der Waals surface area (Å²) in [4.78, 5) is 27.0. The Hall–Kier alpha value is -4.20. The molecule has 2 aliphatic heterocycles. The molecule has 0 unspecified atom stereocenters. The fourth-order valence-corrected chi connectivity index (χ4v) is 6.44. The summed E-state index contributed by atoms with van der Waals surface area (Å²) >= 11 is 0. The van der Waals surface area contributed by atoms with Crippen LogP contribution < -0.4 is 4.74 Å². The van der Waals surface area contributed by atoms with E-state index in [-0.39, 0.29) is 11.1 Å². The van der Waals surface area contributed by atoms with Crippen molar-refractivity contribution in [1.29, 1.82) is 0 Å². The van der Waals surface area contributed by atoms with E-state index in [1.807, 2.05) is 0 Å². The number of hydrogen-bond donors (Lipinski definition) is 10. The molecule has 3 aromatic carbocycles. The molecule has 0 spiro atoms. The Labute approximate surface area is 277 Å². The summed E-state index contributed by atoms with van der Waals surface area (Å²) in [5.74, 6) is -3.90. The van der Waals surface area contributed by atoms with Gasteiger partial charge in [-0.3, -0.25) is 4.79 Å². The molecular weight excluding hydrogens is 652 g/mol. The van der Waals surface area contributed by atoms with Crippen molar-refractivity contribution < 1.29 is 79.6 Å². The first-order chi connectivity index (χ1) is 23.2. The quantitative estimate of drug-likeness (QED) is 0.126. The lowest BCUT2D eigenvalue weighted by Gasteiger charge is -2.49. The molecule has 0 amide bonds. The summed E-state index contributed by atoms with van der Waals surface area (Å²) in [6, 6.07) is 11.8. The van der Waals surface area contributed by atoms with Gasteiger partial charge in [-0.05, 0) is 36.8 Å². The average Bonchev–Trinajstić information content (AvgIpc) is 3.07. The summed E-state index contributed by atoms with van der Waals surface area (Å²) < 4.78 is 22.3. The number of benzene rings is 3. The third-order valence-corrected chi connectivity index (χ3v) is 8.93. The molecule has 3 aliphatic rings. The monoisotopic (exact) mass is 686 g/mol. The van der Waals surface area contributed by atoms with Crippen LogP contribution in [0.1, 0.15) is 43.0 Å². The predicted octanol–water partition coefficient (Wildman–Crippen LogP) is -1.97. The molecule has 1 aliphatic carbocycles. The topological polar surface area (TPSA) is 273 Å². The number of esters is 1. The molecule has 0 radical (unpaired) electrons. The second-order valence-electron chi connectivity index (χ2n) is 12.2. The molecule has 49 heavy (non-hydrogen) atoms. The van der Waals surface area contributed by atoms with E-state index < -0.39 is 119 Å².